The normalized spacial score (nSPS) is 13.1. The fourth-order valence-electron chi connectivity index (χ4n) is 1.06. The summed E-state index contributed by atoms with van der Waals surface area (Å²) in [6, 6.07) is 8.31. The van der Waals surface area contributed by atoms with E-state index in [9.17, 15) is 4.57 Å². The Bertz CT molecular complexity index is 314. The van der Waals surface area contributed by atoms with Crippen LogP contribution in [0.15, 0.2) is 30.3 Å². The lowest BCUT2D eigenvalue weighted by molar-refractivity contribution is 0.369. The predicted octanol–water partition coefficient (Wildman–Crippen LogP) is 1.29. The molecule has 0 aliphatic rings. The summed E-state index contributed by atoms with van der Waals surface area (Å²) in [7, 11) is -4.01. The molecule has 1 aromatic rings. The quantitative estimate of drug-likeness (QED) is 0.692. The van der Waals surface area contributed by atoms with Crippen LogP contribution in [-0.2, 0) is 4.57 Å². The number of rotatable bonds is 3. The van der Waals surface area contributed by atoms with Crippen LogP contribution in [0.2, 0.25) is 0 Å². The largest absolute Gasteiger partial charge is 0.327 e. The molecule has 0 bridgehead atoms. The van der Waals surface area contributed by atoms with Gasteiger partial charge in [0.2, 0.25) is 0 Å². The zero-order valence-electron chi connectivity index (χ0n) is 7.41. The average Bonchev–Trinajstić information content (AvgIpc) is 2.03. The smallest absolute Gasteiger partial charge is 0.324 e. The van der Waals surface area contributed by atoms with Crippen molar-refractivity contribution in [2.24, 2.45) is 5.73 Å². The Balaban J connectivity index is 0.00000169. The summed E-state index contributed by atoms with van der Waals surface area (Å²) in [6.45, 7) is 0. The van der Waals surface area contributed by atoms with Crippen molar-refractivity contribution in [1.29, 1.82) is 0 Å². The molecule has 1 aromatic carbocycles. The molecule has 0 radical (unpaired) electrons. The zero-order chi connectivity index (χ0) is 9.90. The predicted molar refractivity (Wildman–Crippen MR) is 57.5 cm³/mol. The molecule has 0 aliphatic heterocycles. The van der Waals surface area contributed by atoms with E-state index in [2.05, 4.69) is 0 Å². The first kappa shape index (κ1) is 13.6. The van der Waals surface area contributed by atoms with Crippen LogP contribution in [0.4, 0.5) is 0 Å². The van der Waals surface area contributed by atoms with Gasteiger partial charge in [0, 0.05) is 6.04 Å². The molecule has 1 atom stereocenters. The van der Waals surface area contributed by atoms with Gasteiger partial charge in [0.05, 0.1) is 6.16 Å². The number of halogens is 1. The highest BCUT2D eigenvalue weighted by atomic mass is 35.5. The molecule has 0 unspecified atom stereocenters. The Kier molecular flexibility index (Phi) is 5.34. The first-order valence-corrected chi connectivity index (χ1v) is 5.64. The Morgan fingerprint density at radius 1 is 1.29 bits per heavy atom. The van der Waals surface area contributed by atoms with E-state index in [0.29, 0.717) is 0 Å². The van der Waals surface area contributed by atoms with Crippen LogP contribution in [0.25, 0.3) is 0 Å². The number of benzene rings is 1. The van der Waals surface area contributed by atoms with Crippen LogP contribution >= 0.6 is 20.0 Å². The second-order valence-corrected chi connectivity index (χ2v) is 4.56. The lowest BCUT2D eigenvalue weighted by atomic mass is 10.1. The van der Waals surface area contributed by atoms with Gasteiger partial charge < -0.3 is 15.5 Å². The Morgan fingerprint density at radius 2 is 1.79 bits per heavy atom. The van der Waals surface area contributed by atoms with Crippen molar-refractivity contribution < 1.29 is 14.4 Å². The van der Waals surface area contributed by atoms with Gasteiger partial charge in [-0.1, -0.05) is 30.3 Å². The van der Waals surface area contributed by atoms with Crippen LogP contribution in [0, 0.1) is 0 Å². The summed E-state index contributed by atoms with van der Waals surface area (Å²) >= 11 is 0. The van der Waals surface area contributed by atoms with E-state index in [1.54, 1.807) is 24.3 Å². The number of hydrogen-bond acceptors (Lipinski definition) is 2. The Hall–Kier alpha value is -0.380. The van der Waals surface area contributed by atoms with E-state index < -0.39 is 13.6 Å². The standard InChI is InChI=1S/C8H12NO3P.ClH/c9-8(6-13(10,11)12)7-4-2-1-3-5-7;/h1-5,8H,6,9H2,(H2,10,11,12);1H/t8-;/m1./s1. The fourth-order valence-corrected chi connectivity index (χ4v) is 1.79. The molecule has 80 valence electrons. The molecule has 6 heteroatoms. The highest BCUT2D eigenvalue weighted by Crippen LogP contribution is 2.38. The molecule has 4 nitrogen and oxygen atoms in total. The van der Waals surface area contributed by atoms with Crippen molar-refractivity contribution in [3.63, 3.8) is 0 Å². The van der Waals surface area contributed by atoms with E-state index in [1.807, 2.05) is 6.07 Å². The zero-order valence-corrected chi connectivity index (χ0v) is 9.12. The molecular weight excluding hydrogens is 225 g/mol. The Morgan fingerprint density at radius 3 is 2.21 bits per heavy atom. The summed E-state index contributed by atoms with van der Waals surface area (Å²) in [4.78, 5) is 17.4. The van der Waals surface area contributed by atoms with Gasteiger partial charge in [-0.3, -0.25) is 4.57 Å². The monoisotopic (exact) mass is 237 g/mol. The maximum absolute atomic E-state index is 10.6. The van der Waals surface area contributed by atoms with Gasteiger partial charge in [0.25, 0.3) is 0 Å². The maximum atomic E-state index is 10.6. The minimum atomic E-state index is -4.01. The molecule has 0 aliphatic carbocycles. The third-order valence-corrected chi connectivity index (χ3v) is 2.53. The first-order chi connectivity index (χ1) is 5.99. The van der Waals surface area contributed by atoms with Gasteiger partial charge in [-0.25, -0.2) is 0 Å². The third-order valence-electron chi connectivity index (χ3n) is 1.66. The second kappa shape index (κ2) is 5.49. The van der Waals surface area contributed by atoms with Gasteiger partial charge >= 0.3 is 7.60 Å². The fraction of sp³-hybridized carbons (Fsp3) is 0.250. The molecule has 0 fully saturated rings. The van der Waals surface area contributed by atoms with Gasteiger partial charge in [-0.15, -0.1) is 12.4 Å². The molecule has 4 N–H and O–H groups in total. The van der Waals surface area contributed by atoms with Crippen LogP contribution in [0.1, 0.15) is 11.6 Å². The van der Waals surface area contributed by atoms with Gasteiger partial charge in [-0.2, -0.15) is 0 Å². The van der Waals surface area contributed by atoms with Crippen LogP contribution < -0.4 is 5.73 Å². The Labute approximate surface area is 88.7 Å². The summed E-state index contributed by atoms with van der Waals surface area (Å²) < 4.78 is 10.6. The average molecular weight is 238 g/mol. The molecule has 0 saturated heterocycles. The summed E-state index contributed by atoms with van der Waals surface area (Å²) in [5.41, 5.74) is 6.33. The van der Waals surface area contributed by atoms with Crippen molar-refractivity contribution >= 4 is 20.0 Å². The van der Waals surface area contributed by atoms with Crippen molar-refractivity contribution in [2.45, 2.75) is 6.04 Å². The molecule has 14 heavy (non-hydrogen) atoms. The molecule has 1 rings (SSSR count). The highest BCUT2D eigenvalue weighted by molar-refractivity contribution is 7.51. The SMILES string of the molecule is Cl.N[C@H](CP(=O)(O)O)c1ccccc1. The second-order valence-electron chi connectivity index (χ2n) is 2.86. The molecular formula is C8H13ClNO3P. The van der Waals surface area contributed by atoms with E-state index >= 15 is 0 Å². The lowest BCUT2D eigenvalue weighted by Gasteiger charge is -2.12. The van der Waals surface area contributed by atoms with Gasteiger partial charge in [0.1, 0.15) is 0 Å². The molecule has 0 aromatic heterocycles. The van der Waals surface area contributed by atoms with Crippen molar-refractivity contribution in [2.75, 3.05) is 6.16 Å². The first-order valence-electron chi connectivity index (χ1n) is 3.84. The summed E-state index contributed by atoms with van der Waals surface area (Å²) in [6.07, 6.45) is -0.309. The van der Waals surface area contributed by atoms with Crippen molar-refractivity contribution in [1.82, 2.24) is 0 Å². The third kappa shape index (κ3) is 4.74. The minimum Gasteiger partial charge on any atom is -0.324 e. The van der Waals surface area contributed by atoms with E-state index in [0.717, 1.165) is 5.56 Å². The van der Waals surface area contributed by atoms with Crippen LogP contribution in [0.5, 0.6) is 0 Å². The molecule has 0 heterocycles. The highest BCUT2D eigenvalue weighted by Gasteiger charge is 2.19. The molecule has 0 amide bonds. The van der Waals surface area contributed by atoms with E-state index in [4.69, 9.17) is 15.5 Å². The summed E-state index contributed by atoms with van der Waals surface area (Å²) in [5.74, 6) is 0. The number of nitrogens with two attached hydrogens (primary N) is 1. The minimum absolute atomic E-state index is 0. The van der Waals surface area contributed by atoms with Crippen molar-refractivity contribution in [3.05, 3.63) is 35.9 Å². The van der Waals surface area contributed by atoms with Gasteiger partial charge in [0.15, 0.2) is 0 Å². The van der Waals surface area contributed by atoms with Crippen LogP contribution in [0.3, 0.4) is 0 Å². The molecule has 0 spiro atoms. The molecule has 0 saturated carbocycles. The topological polar surface area (TPSA) is 83.6 Å². The van der Waals surface area contributed by atoms with E-state index in [1.165, 1.54) is 0 Å². The maximum Gasteiger partial charge on any atom is 0.327 e. The van der Waals surface area contributed by atoms with Gasteiger partial charge in [-0.05, 0) is 5.56 Å². The van der Waals surface area contributed by atoms with Crippen LogP contribution in [-0.4, -0.2) is 15.9 Å². The number of hydrogen-bond donors (Lipinski definition) is 3. The lowest BCUT2D eigenvalue weighted by Crippen LogP contribution is -2.14. The summed E-state index contributed by atoms with van der Waals surface area (Å²) in [5, 5.41) is 0. The van der Waals surface area contributed by atoms with E-state index in [-0.39, 0.29) is 18.6 Å². The van der Waals surface area contributed by atoms with Crippen molar-refractivity contribution in [3.8, 4) is 0 Å².